The van der Waals surface area contributed by atoms with E-state index in [4.69, 9.17) is 0 Å². The number of rotatable bonds is 3. The maximum Gasteiger partial charge on any atom is 0.106 e. The SMILES string of the molecule is SC(S)CCc1ncc[nH]1. The maximum absolute atomic E-state index is 4.13. The molecule has 0 aliphatic heterocycles. The van der Waals surface area contributed by atoms with E-state index in [2.05, 4.69) is 35.2 Å². The number of hydrogen-bond donors (Lipinski definition) is 3. The normalized spacial score (nSPS) is 10.7. The van der Waals surface area contributed by atoms with Crippen molar-refractivity contribution >= 4 is 25.3 Å². The van der Waals surface area contributed by atoms with Gasteiger partial charge in [0.15, 0.2) is 0 Å². The molecule has 0 unspecified atom stereocenters. The molecule has 1 aromatic heterocycles. The third-order valence-corrected chi connectivity index (χ3v) is 1.71. The zero-order valence-corrected chi connectivity index (χ0v) is 7.28. The predicted octanol–water partition coefficient (Wildman–Crippen LogP) is 1.53. The first-order valence-corrected chi connectivity index (χ1v) is 4.16. The molecule has 0 amide bonds. The van der Waals surface area contributed by atoms with Crippen LogP contribution < -0.4 is 0 Å². The lowest BCUT2D eigenvalue weighted by atomic mass is 10.3. The van der Waals surface area contributed by atoms with Crippen LogP contribution in [-0.2, 0) is 6.42 Å². The molecule has 0 fully saturated rings. The van der Waals surface area contributed by atoms with E-state index in [9.17, 15) is 0 Å². The Bertz CT molecular complexity index is 172. The average molecular weight is 174 g/mol. The van der Waals surface area contributed by atoms with Gasteiger partial charge in [-0.2, -0.15) is 25.3 Å². The van der Waals surface area contributed by atoms with E-state index >= 15 is 0 Å². The lowest BCUT2D eigenvalue weighted by molar-refractivity contribution is 0.849. The fourth-order valence-electron chi connectivity index (χ4n) is 0.701. The van der Waals surface area contributed by atoms with Gasteiger partial charge in [-0.3, -0.25) is 0 Å². The number of aromatic nitrogens is 2. The zero-order valence-electron chi connectivity index (χ0n) is 5.49. The van der Waals surface area contributed by atoms with Crippen LogP contribution in [0.4, 0.5) is 0 Å². The van der Waals surface area contributed by atoms with E-state index in [1.807, 2.05) is 6.20 Å². The number of hydrogen-bond acceptors (Lipinski definition) is 3. The van der Waals surface area contributed by atoms with Gasteiger partial charge < -0.3 is 4.98 Å². The Labute approximate surface area is 71.3 Å². The third-order valence-electron chi connectivity index (χ3n) is 1.19. The molecule has 56 valence electrons. The minimum absolute atomic E-state index is 0.157. The molecule has 0 spiro atoms. The minimum atomic E-state index is 0.157. The lowest BCUT2D eigenvalue weighted by Crippen LogP contribution is -1.93. The lowest BCUT2D eigenvalue weighted by Gasteiger charge is -1.98. The standard InChI is InChI=1S/C6H10N2S2/c9-6(10)2-1-5-7-3-4-8-5/h3-4,6,9-10H,1-2H2,(H,7,8). The summed E-state index contributed by atoms with van der Waals surface area (Å²) >= 11 is 8.26. The summed E-state index contributed by atoms with van der Waals surface area (Å²) in [5.41, 5.74) is 0. The molecule has 2 nitrogen and oxygen atoms in total. The summed E-state index contributed by atoms with van der Waals surface area (Å²) in [7, 11) is 0. The van der Waals surface area contributed by atoms with Crippen LogP contribution in [0.15, 0.2) is 12.4 Å². The number of aryl methyl sites for hydroxylation is 1. The van der Waals surface area contributed by atoms with Crippen LogP contribution in [-0.4, -0.2) is 14.5 Å². The van der Waals surface area contributed by atoms with Gasteiger partial charge in [0.2, 0.25) is 0 Å². The Morgan fingerprint density at radius 3 is 2.90 bits per heavy atom. The van der Waals surface area contributed by atoms with Crippen molar-refractivity contribution in [3.63, 3.8) is 0 Å². The van der Waals surface area contributed by atoms with Gasteiger partial charge in [-0.25, -0.2) is 4.98 Å². The quantitative estimate of drug-likeness (QED) is 0.471. The Kier molecular flexibility index (Phi) is 3.15. The average Bonchev–Trinajstić information content (AvgIpc) is 2.34. The Morgan fingerprint density at radius 2 is 2.40 bits per heavy atom. The molecule has 10 heavy (non-hydrogen) atoms. The summed E-state index contributed by atoms with van der Waals surface area (Å²) in [5.74, 6) is 1.01. The second-order valence-electron chi connectivity index (χ2n) is 2.06. The molecule has 0 radical (unpaired) electrons. The smallest absolute Gasteiger partial charge is 0.106 e. The molecule has 0 saturated heterocycles. The first-order chi connectivity index (χ1) is 4.79. The Balaban J connectivity index is 2.28. The fraction of sp³-hybridized carbons (Fsp3) is 0.500. The van der Waals surface area contributed by atoms with Crippen LogP contribution in [0.25, 0.3) is 0 Å². The highest BCUT2D eigenvalue weighted by atomic mass is 32.2. The van der Waals surface area contributed by atoms with Crippen molar-refractivity contribution < 1.29 is 0 Å². The monoisotopic (exact) mass is 174 g/mol. The maximum atomic E-state index is 4.13. The molecule has 1 N–H and O–H groups in total. The number of thiol groups is 2. The molecule has 0 bridgehead atoms. The van der Waals surface area contributed by atoms with Crippen LogP contribution in [0.5, 0.6) is 0 Å². The van der Waals surface area contributed by atoms with Gasteiger partial charge in [-0.05, 0) is 6.42 Å². The Hall–Kier alpha value is -0.0900. The van der Waals surface area contributed by atoms with Crippen molar-refractivity contribution in [1.29, 1.82) is 0 Å². The number of aromatic amines is 1. The molecule has 0 aliphatic carbocycles. The van der Waals surface area contributed by atoms with Crippen molar-refractivity contribution in [3.8, 4) is 0 Å². The second-order valence-corrected chi connectivity index (χ2v) is 3.71. The summed E-state index contributed by atoms with van der Waals surface area (Å²) in [6.07, 6.45) is 5.44. The van der Waals surface area contributed by atoms with Gasteiger partial charge >= 0.3 is 0 Å². The first kappa shape index (κ1) is 8.01. The summed E-state index contributed by atoms with van der Waals surface area (Å²) in [6, 6.07) is 0. The van der Waals surface area contributed by atoms with Gasteiger partial charge in [0.1, 0.15) is 5.82 Å². The molecule has 4 heteroatoms. The number of nitrogens with zero attached hydrogens (tertiary/aromatic N) is 1. The van der Waals surface area contributed by atoms with Gasteiger partial charge in [0, 0.05) is 23.4 Å². The molecule has 1 aromatic rings. The highest BCUT2D eigenvalue weighted by Crippen LogP contribution is 2.08. The molecule has 0 aromatic carbocycles. The van der Waals surface area contributed by atoms with Crippen molar-refractivity contribution in [2.45, 2.75) is 17.4 Å². The molecular weight excluding hydrogens is 164 g/mol. The van der Waals surface area contributed by atoms with Crippen LogP contribution in [0, 0.1) is 0 Å². The molecule has 1 rings (SSSR count). The van der Waals surface area contributed by atoms with E-state index in [1.165, 1.54) is 0 Å². The van der Waals surface area contributed by atoms with Crippen LogP contribution in [0.2, 0.25) is 0 Å². The van der Waals surface area contributed by atoms with Crippen LogP contribution in [0.1, 0.15) is 12.2 Å². The third kappa shape index (κ3) is 2.66. The number of imidazole rings is 1. The van der Waals surface area contributed by atoms with Crippen molar-refractivity contribution in [1.82, 2.24) is 9.97 Å². The van der Waals surface area contributed by atoms with Crippen LogP contribution in [0.3, 0.4) is 0 Å². The van der Waals surface area contributed by atoms with Gasteiger partial charge in [0.25, 0.3) is 0 Å². The van der Waals surface area contributed by atoms with E-state index < -0.39 is 0 Å². The van der Waals surface area contributed by atoms with Gasteiger partial charge in [-0.1, -0.05) is 0 Å². The molecule has 0 aliphatic rings. The van der Waals surface area contributed by atoms with E-state index in [0.717, 1.165) is 18.7 Å². The summed E-state index contributed by atoms with van der Waals surface area (Å²) in [6.45, 7) is 0. The number of H-pyrrole nitrogens is 1. The largest absolute Gasteiger partial charge is 0.349 e. The molecule has 0 saturated carbocycles. The van der Waals surface area contributed by atoms with Crippen LogP contribution >= 0.6 is 25.3 Å². The van der Waals surface area contributed by atoms with Crippen molar-refractivity contribution in [2.24, 2.45) is 0 Å². The van der Waals surface area contributed by atoms with Crippen molar-refractivity contribution in [2.75, 3.05) is 0 Å². The van der Waals surface area contributed by atoms with Crippen molar-refractivity contribution in [3.05, 3.63) is 18.2 Å². The molecule has 1 heterocycles. The summed E-state index contributed by atoms with van der Waals surface area (Å²) in [4.78, 5) is 7.08. The topological polar surface area (TPSA) is 28.7 Å². The van der Waals surface area contributed by atoms with E-state index in [1.54, 1.807) is 6.20 Å². The molecule has 0 atom stereocenters. The predicted molar refractivity (Wildman–Crippen MR) is 48.7 cm³/mol. The minimum Gasteiger partial charge on any atom is -0.349 e. The number of nitrogens with one attached hydrogen (secondary N) is 1. The summed E-state index contributed by atoms with van der Waals surface area (Å²) in [5, 5.41) is 0. The van der Waals surface area contributed by atoms with E-state index in [0.29, 0.717) is 0 Å². The van der Waals surface area contributed by atoms with E-state index in [-0.39, 0.29) is 4.58 Å². The zero-order chi connectivity index (χ0) is 7.40. The highest BCUT2D eigenvalue weighted by Gasteiger charge is 1.97. The summed E-state index contributed by atoms with van der Waals surface area (Å²) < 4.78 is 0.157. The first-order valence-electron chi connectivity index (χ1n) is 3.13. The Morgan fingerprint density at radius 1 is 1.60 bits per heavy atom. The molecular formula is C6H10N2S2. The highest BCUT2D eigenvalue weighted by molar-refractivity contribution is 7.99. The van der Waals surface area contributed by atoms with Gasteiger partial charge in [0.05, 0.1) is 0 Å². The van der Waals surface area contributed by atoms with Gasteiger partial charge in [-0.15, -0.1) is 0 Å². The fourth-order valence-corrected chi connectivity index (χ4v) is 0.959. The second kappa shape index (κ2) is 3.93.